The molecule has 1 amide bonds. The van der Waals surface area contributed by atoms with Gasteiger partial charge in [0.15, 0.2) is 18.8 Å². The Labute approximate surface area is 167 Å². The van der Waals surface area contributed by atoms with Gasteiger partial charge in [-0.05, 0) is 37.1 Å². The summed E-state index contributed by atoms with van der Waals surface area (Å²) in [6.45, 7) is 1.25. The first-order chi connectivity index (χ1) is 14.0. The third-order valence-corrected chi connectivity index (χ3v) is 4.89. The standard InChI is InChI=1S/C22H20N2O5/c1-14-11-15-7-5-6-10-17(15)24(14)19(26)13-29-22(27)20-18(25)12-28-21(20)23-16-8-3-2-4-9-16/h2-10,14,23H,11-13H2,1H3/t14-/m1/s1. The number of nitrogens with zero attached hydrogens (tertiary/aromatic N) is 1. The Morgan fingerprint density at radius 3 is 2.66 bits per heavy atom. The second-order valence-electron chi connectivity index (χ2n) is 6.93. The van der Waals surface area contributed by atoms with Crippen LogP contribution in [-0.2, 0) is 30.3 Å². The van der Waals surface area contributed by atoms with Gasteiger partial charge in [-0.15, -0.1) is 0 Å². The lowest BCUT2D eigenvalue weighted by Crippen LogP contribution is -2.39. The molecule has 0 saturated heterocycles. The van der Waals surface area contributed by atoms with Crippen LogP contribution in [0.5, 0.6) is 0 Å². The third kappa shape index (κ3) is 3.71. The number of ether oxygens (including phenoxy) is 2. The highest BCUT2D eigenvalue weighted by Crippen LogP contribution is 2.31. The number of esters is 1. The molecule has 2 aromatic carbocycles. The van der Waals surface area contributed by atoms with Crippen molar-refractivity contribution in [2.75, 3.05) is 23.4 Å². The van der Waals surface area contributed by atoms with E-state index in [0.29, 0.717) is 5.69 Å². The molecular formula is C22H20N2O5. The topological polar surface area (TPSA) is 84.9 Å². The molecule has 4 rings (SSSR count). The Morgan fingerprint density at radius 2 is 1.86 bits per heavy atom. The molecule has 0 radical (unpaired) electrons. The number of rotatable bonds is 5. The summed E-state index contributed by atoms with van der Waals surface area (Å²) in [4.78, 5) is 38.9. The summed E-state index contributed by atoms with van der Waals surface area (Å²) in [5.41, 5.74) is 2.36. The minimum Gasteiger partial charge on any atom is -0.470 e. The Kier molecular flexibility index (Phi) is 5.03. The van der Waals surface area contributed by atoms with Gasteiger partial charge in [0, 0.05) is 17.4 Å². The van der Waals surface area contributed by atoms with Crippen LogP contribution in [0.15, 0.2) is 66.1 Å². The van der Waals surface area contributed by atoms with Crippen molar-refractivity contribution in [1.29, 1.82) is 0 Å². The number of nitrogens with one attached hydrogen (secondary N) is 1. The quantitative estimate of drug-likeness (QED) is 0.621. The first-order valence-electron chi connectivity index (χ1n) is 9.34. The molecule has 1 atom stereocenters. The van der Waals surface area contributed by atoms with Gasteiger partial charge in [-0.2, -0.15) is 0 Å². The number of para-hydroxylation sites is 2. The number of benzene rings is 2. The number of carbonyl (C=O) groups is 3. The molecule has 0 spiro atoms. The van der Waals surface area contributed by atoms with Crippen LogP contribution in [-0.4, -0.2) is 36.9 Å². The monoisotopic (exact) mass is 392 g/mol. The van der Waals surface area contributed by atoms with E-state index in [0.717, 1.165) is 17.7 Å². The molecule has 7 nitrogen and oxygen atoms in total. The lowest BCUT2D eigenvalue weighted by molar-refractivity contribution is -0.145. The van der Waals surface area contributed by atoms with Gasteiger partial charge in [0.25, 0.3) is 5.91 Å². The molecule has 0 unspecified atom stereocenters. The maximum absolute atomic E-state index is 12.7. The Bertz CT molecular complexity index is 999. The largest absolute Gasteiger partial charge is 0.470 e. The zero-order valence-corrected chi connectivity index (χ0v) is 15.9. The van der Waals surface area contributed by atoms with Gasteiger partial charge in [-0.25, -0.2) is 4.79 Å². The number of fused-ring (bicyclic) bond motifs is 1. The van der Waals surface area contributed by atoms with Gasteiger partial charge in [-0.1, -0.05) is 36.4 Å². The van der Waals surface area contributed by atoms with Crippen LogP contribution in [0.2, 0.25) is 0 Å². The Balaban J connectivity index is 1.45. The minimum absolute atomic E-state index is 0.0235. The van der Waals surface area contributed by atoms with Crippen molar-refractivity contribution >= 4 is 29.0 Å². The van der Waals surface area contributed by atoms with E-state index in [-0.39, 0.29) is 30.0 Å². The van der Waals surface area contributed by atoms with Gasteiger partial charge >= 0.3 is 5.97 Å². The number of amides is 1. The van der Waals surface area contributed by atoms with Crippen molar-refractivity contribution in [2.45, 2.75) is 19.4 Å². The number of ketones is 1. The first-order valence-corrected chi connectivity index (χ1v) is 9.34. The molecule has 0 saturated carbocycles. The molecule has 29 heavy (non-hydrogen) atoms. The van der Waals surface area contributed by atoms with Crippen LogP contribution in [0.25, 0.3) is 0 Å². The fourth-order valence-corrected chi connectivity index (χ4v) is 3.58. The molecule has 2 heterocycles. The van der Waals surface area contributed by atoms with Crippen LogP contribution < -0.4 is 10.2 Å². The maximum atomic E-state index is 12.7. The molecule has 2 aromatic rings. The zero-order chi connectivity index (χ0) is 20.4. The van der Waals surface area contributed by atoms with Crippen LogP contribution in [0.1, 0.15) is 12.5 Å². The number of Topliss-reactive ketones (excluding diaryl/α,β-unsaturated/α-hetero) is 1. The van der Waals surface area contributed by atoms with Gasteiger partial charge in [0.2, 0.25) is 11.7 Å². The predicted octanol–water partition coefficient (Wildman–Crippen LogP) is 2.43. The molecular weight excluding hydrogens is 372 g/mol. The van der Waals surface area contributed by atoms with Crippen molar-refractivity contribution in [3.63, 3.8) is 0 Å². The van der Waals surface area contributed by atoms with E-state index in [9.17, 15) is 14.4 Å². The van der Waals surface area contributed by atoms with E-state index >= 15 is 0 Å². The van der Waals surface area contributed by atoms with Gasteiger partial charge in [-0.3, -0.25) is 9.59 Å². The van der Waals surface area contributed by atoms with E-state index in [1.54, 1.807) is 17.0 Å². The normalized spacial score (nSPS) is 17.8. The maximum Gasteiger partial charge on any atom is 0.347 e. The van der Waals surface area contributed by atoms with Crippen molar-refractivity contribution in [3.8, 4) is 0 Å². The van der Waals surface area contributed by atoms with Gasteiger partial charge in [0.05, 0.1) is 0 Å². The molecule has 148 valence electrons. The lowest BCUT2D eigenvalue weighted by Gasteiger charge is -2.22. The summed E-state index contributed by atoms with van der Waals surface area (Å²) in [6, 6.07) is 16.6. The van der Waals surface area contributed by atoms with E-state index in [2.05, 4.69) is 5.32 Å². The van der Waals surface area contributed by atoms with Crippen molar-refractivity contribution in [3.05, 3.63) is 71.6 Å². The summed E-state index contributed by atoms with van der Waals surface area (Å²) >= 11 is 0. The molecule has 2 aliphatic heterocycles. The summed E-state index contributed by atoms with van der Waals surface area (Å²) in [7, 11) is 0. The van der Waals surface area contributed by atoms with Crippen LogP contribution in [0.3, 0.4) is 0 Å². The second-order valence-corrected chi connectivity index (χ2v) is 6.93. The fourth-order valence-electron chi connectivity index (χ4n) is 3.58. The van der Waals surface area contributed by atoms with Crippen molar-refractivity contribution in [2.24, 2.45) is 0 Å². The smallest absolute Gasteiger partial charge is 0.347 e. The highest BCUT2D eigenvalue weighted by atomic mass is 16.5. The molecule has 0 bridgehead atoms. The van der Waals surface area contributed by atoms with E-state index in [1.165, 1.54) is 0 Å². The number of hydrogen-bond donors (Lipinski definition) is 1. The molecule has 0 aliphatic carbocycles. The minimum atomic E-state index is -0.876. The van der Waals surface area contributed by atoms with Crippen LogP contribution in [0.4, 0.5) is 11.4 Å². The summed E-state index contributed by atoms with van der Waals surface area (Å²) in [6.07, 6.45) is 0.748. The van der Waals surface area contributed by atoms with Gasteiger partial charge in [0.1, 0.15) is 0 Å². The third-order valence-electron chi connectivity index (χ3n) is 4.89. The van der Waals surface area contributed by atoms with Crippen molar-refractivity contribution < 1.29 is 23.9 Å². The molecule has 0 fully saturated rings. The highest BCUT2D eigenvalue weighted by Gasteiger charge is 2.35. The van der Waals surface area contributed by atoms with Crippen molar-refractivity contribution in [1.82, 2.24) is 0 Å². The zero-order valence-electron chi connectivity index (χ0n) is 15.9. The number of hydrogen-bond acceptors (Lipinski definition) is 6. The lowest BCUT2D eigenvalue weighted by atomic mass is 10.1. The fraction of sp³-hybridized carbons (Fsp3) is 0.227. The number of carbonyl (C=O) groups excluding carboxylic acids is 3. The van der Waals surface area contributed by atoms with E-state index in [4.69, 9.17) is 9.47 Å². The summed E-state index contributed by atoms with van der Waals surface area (Å²) in [5, 5.41) is 2.91. The van der Waals surface area contributed by atoms with Gasteiger partial charge < -0.3 is 19.7 Å². The Morgan fingerprint density at radius 1 is 1.14 bits per heavy atom. The van der Waals surface area contributed by atoms with Crippen LogP contribution in [0, 0.1) is 0 Å². The predicted molar refractivity (Wildman–Crippen MR) is 106 cm³/mol. The highest BCUT2D eigenvalue weighted by molar-refractivity contribution is 6.20. The first kappa shape index (κ1) is 18.7. The number of anilines is 2. The van der Waals surface area contributed by atoms with Crippen LogP contribution >= 0.6 is 0 Å². The average molecular weight is 392 g/mol. The SMILES string of the molecule is C[C@@H]1Cc2ccccc2N1C(=O)COC(=O)C1=C(Nc2ccccc2)OCC1=O. The van der Waals surface area contributed by atoms with E-state index < -0.39 is 18.4 Å². The molecule has 7 heteroatoms. The molecule has 2 aliphatic rings. The molecule has 1 N–H and O–H groups in total. The summed E-state index contributed by atoms with van der Waals surface area (Å²) < 4.78 is 10.5. The molecule has 0 aromatic heterocycles. The summed E-state index contributed by atoms with van der Waals surface area (Å²) in [5.74, 6) is -1.65. The average Bonchev–Trinajstić information content (AvgIpc) is 3.25. The second kappa shape index (κ2) is 7.79. The Hall–Kier alpha value is -3.61. The van der Waals surface area contributed by atoms with E-state index in [1.807, 2.05) is 49.4 Å².